The van der Waals surface area contributed by atoms with Crippen molar-refractivity contribution in [2.75, 3.05) is 94.1 Å². The van der Waals surface area contributed by atoms with Crippen LogP contribution in [0.3, 0.4) is 0 Å². The zero-order chi connectivity index (χ0) is 109. The Hall–Kier alpha value is -9.12. The molecule has 0 aliphatic carbocycles. The van der Waals surface area contributed by atoms with Gasteiger partial charge in [-0.05, 0) is 159 Å². The molecule has 816 valence electrons. The van der Waals surface area contributed by atoms with E-state index in [1.54, 1.807) is 96.2 Å². The van der Waals surface area contributed by atoms with Gasteiger partial charge in [0.05, 0.1) is 55.4 Å². The van der Waals surface area contributed by atoms with Crippen molar-refractivity contribution in [3.8, 4) is 23.0 Å². The van der Waals surface area contributed by atoms with E-state index in [2.05, 4.69) is 220 Å². The van der Waals surface area contributed by atoms with Crippen LogP contribution in [0, 0.1) is 0 Å². The van der Waals surface area contributed by atoms with Gasteiger partial charge < -0.3 is 79.9 Å². The number of ether oxygens (including phenoxy) is 19. The molecule has 11 atom stereocenters. The molecule has 3 heterocycles. The van der Waals surface area contributed by atoms with Crippen LogP contribution in [0.4, 0.5) is 0 Å². The van der Waals surface area contributed by atoms with E-state index in [-0.39, 0.29) is 82.2 Å². The van der Waals surface area contributed by atoms with Crippen LogP contribution < -0.4 is 44.2 Å². The molecule has 12 rings (SSSR count). The van der Waals surface area contributed by atoms with E-state index in [9.17, 15) is 19.2 Å². The van der Waals surface area contributed by atoms with E-state index in [0.717, 1.165) is 50.8 Å². The van der Waals surface area contributed by atoms with E-state index >= 15 is 0 Å². The summed E-state index contributed by atoms with van der Waals surface area (Å²) in [4.78, 5) is 54.1. The Labute approximate surface area is 915 Å². The van der Waals surface area contributed by atoms with Crippen molar-refractivity contribution in [1.82, 2.24) is 0 Å². The minimum atomic E-state index is -3.02. The maximum atomic E-state index is 13.9. The third-order valence-electron chi connectivity index (χ3n) is 25.2. The number of esters is 4. The maximum absolute atomic E-state index is 13.9. The van der Waals surface area contributed by atoms with E-state index in [1.807, 2.05) is 145 Å². The van der Waals surface area contributed by atoms with E-state index in [1.165, 1.54) is 34.8 Å². The Morgan fingerprint density at radius 1 is 0.467 bits per heavy atom. The Morgan fingerprint density at radius 2 is 0.840 bits per heavy atom. The fourth-order valence-corrected chi connectivity index (χ4v) is 31.1. The van der Waals surface area contributed by atoms with Gasteiger partial charge in [0.2, 0.25) is 0 Å². The molecule has 0 saturated carbocycles. The molecule has 9 aromatic carbocycles. The standard InChI is InChI=1S/C54H72O12Si2.C38H49IO7Si.C22H30O5SeSi.C5H10O/c1-39(66-68(53(2,3)4,43-26-18-14-19-27-43)44-28-20-15-21-29-44)45(61-37-57-7)31-32-46(63-51(55)40-23-16-13-17-24-40)50-47(64-54(5,6)65-50)30-22-25-41-35-42(59-9)36-48(62-38-58-8)49(41)52(56)60-33-34-67(10,11)12;1-28(46-47(37(2,3)4,30-19-13-9-14-20-30)31-21-15-10-16-22-31)32(42-27-41-7)23-24-33(43-36(40)29-17-11-8-12-18-29)35-34(25-26-39)44-38(5,6)45-35;1-24-16-27-20-14-18(25-2)13-17(15-28-19-9-7-6-8-10-19)21(20)22(23)26-11-12-29(3,4)5;1-5-3-2-4-6-5/h13-29,31-32,35-36,39,45-47,50H,30,33-34,37-38H2,1-12H3;8-24,28,32-35H,25-27H2,1-7H3;6-10,13-14H,11-12,15-16H2,1-5H3;5H,2-4H2,1H3/b25-22+,32-31-;24-23-;;/t39-,45+,46?,47-,50+;28-,32+,33?,34-,35+;;/m00../s1. The van der Waals surface area contributed by atoms with Crippen LogP contribution in [0.15, 0.2) is 267 Å². The molecule has 31 heteroatoms. The molecule has 150 heavy (non-hydrogen) atoms. The number of methoxy groups -OCH3 is 6. The van der Waals surface area contributed by atoms with Gasteiger partial charge in [-0.1, -0.05) is 266 Å². The summed E-state index contributed by atoms with van der Waals surface area (Å²) in [6.45, 7) is 42.1. The van der Waals surface area contributed by atoms with Crippen molar-refractivity contribution in [3.05, 3.63) is 300 Å². The first-order valence-corrected chi connectivity index (χ1v) is 66.2. The Balaban J connectivity index is 0.000000261. The fraction of sp³-hybridized carbons (Fsp3) is 0.462. The number of carbonyl (C=O) groups excluding carboxylic acids is 4. The fourth-order valence-electron chi connectivity index (χ4n) is 17.7. The van der Waals surface area contributed by atoms with Crippen LogP contribution in [0.5, 0.6) is 23.0 Å². The molecule has 0 N–H and O–H groups in total. The summed E-state index contributed by atoms with van der Waals surface area (Å²) < 4.78 is 128. The van der Waals surface area contributed by atoms with Gasteiger partial charge in [0, 0.05) is 46.5 Å². The van der Waals surface area contributed by atoms with Crippen LogP contribution in [0.1, 0.15) is 168 Å². The topological polar surface area (TPSA) is 262 Å². The van der Waals surface area contributed by atoms with Gasteiger partial charge in [-0.3, -0.25) is 0 Å². The summed E-state index contributed by atoms with van der Waals surface area (Å²) in [7, 11) is 0.671. The van der Waals surface area contributed by atoms with Crippen LogP contribution >= 0.6 is 22.6 Å². The molecule has 0 aromatic heterocycles. The average molecular weight is 2310 g/mol. The van der Waals surface area contributed by atoms with E-state index in [4.69, 9.17) is 98.9 Å². The predicted octanol–water partition coefficient (Wildman–Crippen LogP) is 21.8. The number of hydrogen-bond donors (Lipinski definition) is 0. The second-order valence-electron chi connectivity index (χ2n) is 42.4. The molecule has 0 bridgehead atoms. The molecule has 3 unspecified atom stereocenters. The molecular weight excluding hydrogens is 2150 g/mol. The van der Waals surface area contributed by atoms with Gasteiger partial charge in [0.15, 0.2) is 18.4 Å². The van der Waals surface area contributed by atoms with Crippen molar-refractivity contribution in [2.24, 2.45) is 0 Å². The number of hydrogen-bond acceptors (Lipinski definition) is 25. The van der Waals surface area contributed by atoms with Crippen molar-refractivity contribution in [1.29, 1.82) is 0 Å². The zero-order valence-electron chi connectivity index (χ0n) is 92.4. The average Bonchev–Trinajstić information content (AvgIpc) is 1.00. The molecule has 9 aromatic rings. The van der Waals surface area contributed by atoms with Crippen molar-refractivity contribution < 1.29 is 118 Å². The van der Waals surface area contributed by atoms with Gasteiger partial charge in [-0.25, -0.2) is 14.4 Å². The first kappa shape index (κ1) is 124. The van der Waals surface area contributed by atoms with Crippen LogP contribution in [-0.2, 0) is 85.2 Å². The third-order valence-corrected chi connectivity index (χ3v) is 41.7. The van der Waals surface area contributed by atoms with Gasteiger partial charge in [-0.15, -0.1) is 0 Å². The quantitative estimate of drug-likeness (QED) is 0.00652. The third kappa shape index (κ3) is 37.9. The van der Waals surface area contributed by atoms with Crippen molar-refractivity contribution >= 4 is 125 Å². The van der Waals surface area contributed by atoms with Crippen LogP contribution in [0.2, 0.25) is 61.4 Å². The number of halogens is 1. The van der Waals surface area contributed by atoms with Crippen LogP contribution in [0.25, 0.3) is 6.08 Å². The molecule has 3 fully saturated rings. The van der Waals surface area contributed by atoms with Crippen molar-refractivity contribution in [2.45, 2.75) is 261 Å². The Kier molecular flexibility index (Phi) is 50.3. The van der Waals surface area contributed by atoms with Gasteiger partial charge >= 0.3 is 199 Å². The van der Waals surface area contributed by atoms with Gasteiger partial charge in [0.25, 0.3) is 16.6 Å². The van der Waals surface area contributed by atoms with E-state index < -0.39 is 117 Å². The molecule has 0 radical (unpaired) electrons. The molecule has 3 aliphatic rings. The number of alkyl halides is 1. The first-order chi connectivity index (χ1) is 71.5. The summed E-state index contributed by atoms with van der Waals surface area (Å²) in [6.07, 6.45) is 9.28. The van der Waals surface area contributed by atoms with Gasteiger partial charge in [-0.2, -0.15) is 0 Å². The second-order valence-corrected chi connectivity index (χ2v) is 65.4. The molecule has 0 amide bonds. The molecule has 0 spiro atoms. The Morgan fingerprint density at radius 3 is 1.20 bits per heavy atom. The number of carbonyl (C=O) groups is 4. The Bertz CT molecular complexity index is 5530. The summed E-state index contributed by atoms with van der Waals surface area (Å²) in [5.41, 5.74) is 2.94. The number of benzene rings is 9. The zero-order valence-corrected chi connectivity index (χ0v) is 100. The van der Waals surface area contributed by atoms with Crippen LogP contribution in [-0.4, -0.2) is 244 Å². The molecule has 25 nitrogen and oxygen atoms in total. The molecule has 3 aliphatic heterocycles. The molecular formula is C119H161IO25SeSi4. The first-order valence-electron chi connectivity index (χ1n) is 51.4. The molecule has 3 saturated heterocycles. The summed E-state index contributed by atoms with van der Waals surface area (Å²) >= 11 is 2.50. The SMILES string of the molecule is CC1CCCO1.COCO[C@H](/C=C\C(OC(=O)c1ccccc1)[C@H]1OC(C)(C)O[C@H]1CCI)[C@H](C)O[Si](c1ccccc1)(c1ccccc1)C(C)(C)C.COCOc1cc(OC)cc(/C=C/C[C@@H]2OC(C)(C)O[C@@H]2C(/C=C\[C@@H](OCOC)[C@H](C)O[Si](c2ccccc2)(c2ccccc2)C(C)(C)C)OC(=O)c2ccccc2)c1C(=O)OCC[Si](C)(C)C.COCOc1cc(OC)cc(C[Se]c2ccccc2)c1C(=O)OCC[Si](C)(C)C. The summed E-state index contributed by atoms with van der Waals surface area (Å²) in [5, 5.41) is 4.82. The number of rotatable bonds is 50. The second kappa shape index (κ2) is 60.7. The minimum absolute atomic E-state index is 0.0161. The monoisotopic (exact) mass is 2310 g/mol. The van der Waals surface area contributed by atoms with Gasteiger partial charge in [0.1, 0.15) is 67.3 Å². The van der Waals surface area contributed by atoms with E-state index in [0.29, 0.717) is 58.6 Å². The normalized spacial score (nSPS) is 17.9. The predicted molar refractivity (Wildman–Crippen MR) is 612 cm³/mol. The summed E-state index contributed by atoms with van der Waals surface area (Å²) in [6, 6.07) is 78.7. The summed E-state index contributed by atoms with van der Waals surface area (Å²) in [5.74, 6) is -1.90. The van der Waals surface area contributed by atoms with Crippen molar-refractivity contribution in [3.63, 3.8) is 0 Å².